The molecule has 10 atom stereocenters. The van der Waals surface area contributed by atoms with Crippen LogP contribution in [0.3, 0.4) is 0 Å². The highest BCUT2D eigenvalue weighted by molar-refractivity contribution is 6.01. The maximum atomic E-state index is 17.3. The van der Waals surface area contributed by atoms with E-state index in [0.717, 1.165) is 6.42 Å². The fourth-order valence-corrected chi connectivity index (χ4v) is 8.26. The van der Waals surface area contributed by atoms with Crippen molar-refractivity contribution in [1.29, 1.82) is 0 Å². The van der Waals surface area contributed by atoms with E-state index < -0.39 is 58.6 Å². The molecule has 0 aromatic carbocycles. The van der Waals surface area contributed by atoms with Crippen molar-refractivity contribution >= 4 is 11.6 Å². The molecule has 4 fully saturated rings. The van der Waals surface area contributed by atoms with Crippen LogP contribution in [0.1, 0.15) is 59.8 Å². The van der Waals surface area contributed by atoms with E-state index in [4.69, 9.17) is 9.47 Å². The number of aliphatic hydroxyl groups excluding tert-OH is 1. The molecule has 1 aliphatic heterocycles. The summed E-state index contributed by atoms with van der Waals surface area (Å²) in [5, 5.41) is 14.6. The number of allylic oxidation sites excluding steroid dienone is 4. The largest absolute Gasteiger partial charge is 0.390 e. The second-order valence-corrected chi connectivity index (χ2v) is 11.5. The monoisotopic (exact) mass is 493 g/mol. The van der Waals surface area contributed by atoms with Crippen LogP contribution in [0.25, 0.3) is 0 Å². The van der Waals surface area contributed by atoms with Crippen molar-refractivity contribution in [2.75, 3.05) is 13.1 Å². The van der Waals surface area contributed by atoms with Crippen molar-refractivity contribution in [3.05, 3.63) is 23.8 Å². The predicted molar refractivity (Wildman–Crippen MR) is 125 cm³/mol. The molecule has 1 saturated heterocycles. The molecular weight excluding hydrogens is 456 g/mol. The summed E-state index contributed by atoms with van der Waals surface area (Å²) >= 11 is 0. The SMILES string of the molecule is CCCC1OC2CC3C4C[C@H](F)C5=CC(=O)C=CC5(C)[C@@]4(F)C(O)CC3(C)C2(C(=O)CNCC)O1. The van der Waals surface area contributed by atoms with Gasteiger partial charge in [-0.05, 0) is 62.8 Å². The number of likely N-dealkylation sites (N-methyl/N-ethyl adjacent to an activating group) is 1. The lowest BCUT2D eigenvalue weighted by atomic mass is 9.44. The van der Waals surface area contributed by atoms with Gasteiger partial charge in [-0.3, -0.25) is 9.59 Å². The van der Waals surface area contributed by atoms with E-state index >= 15 is 8.78 Å². The normalized spacial score (nSPS) is 50.3. The Labute approximate surface area is 205 Å². The second-order valence-electron chi connectivity index (χ2n) is 11.5. The number of alkyl halides is 2. The second kappa shape index (κ2) is 8.27. The first-order valence-electron chi connectivity index (χ1n) is 13.0. The zero-order valence-electron chi connectivity index (χ0n) is 21.0. The van der Waals surface area contributed by atoms with E-state index in [2.05, 4.69) is 5.32 Å². The zero-order valence-corrected chi connectivity index (χ0v) is 21.0. The van der Waals surface area contributed by atoms with Gasteiger partial charge in [0.1, 0.15) is 6.17 Å². The van der Waals surface area contributed by atoms with Gasteiger partial charge in [-0.2, -0.15) is 0 Å². The van der Waals surface area contributed by atoms with Gasteiger partial charge in [-0.1, -0.05) is 33.3 Å². The minimum atomic E-state index is -2.18. The van der Waals surface area contributed by atoms with E-state index in [-0.39, 0.29) is 36.5 Å². The summed E-state index contributed by atoms with van der Waals surface area (Å²) in [6, 6.07) is 0. The van der Waals surface area contributed by atoms with Crippen molar-refractivity contribution in [1.82, 2.24) is 5.32 Å². The first-order valence-corrected chi connectivity index (χ1v) is 13.0. The van der Waals surface area contributed by atoms with Gasteiger partial charge >= 0.3 is 0 Å². The van der Waals surface area contributed by atoms with E-state index in [1.165, 1.54) is 18.2 Å². The Bertz CT molecular complexity index is 985. The lowest BCUT2D eigenvalue weighted by Crippen LogP contribution is -2.71. The third kappa shape index (κ3) is 3.06. The van der Waals surface area contributed by atoms with E-state index in [1.54, 1.807) is 6.92 Å². The average molecular weight is 494 g/mol. The number of ether oxygens (including phenoxy) is 2. The van der Waals surface area contributed by atoms with Crippen LogP contribution in [-0.4, -0.2) is 65.7 Å². The fraction of sp³-hybridized carbons (Fsp3) is 0.778. The quantitative estimate of drug-likeness (QED) is 0.590. The van der Waals surface area contributed by atoms with E-state index in [0.29, 0.717) is 19.4 Å². The Morgan fingerprint density at radius 2 is 2.00 bits per heavy atom. The van der Waals surface area contributed by atoms with E-state index in [9.17, 15) is 14.7 Å². The maximum Gasteiger partial charge on any atom is 0.181 e. The number of carbonyl (C=O) groups is 2. The molecule has 5 rings (SSSR count). The number of fused-ring (bicyclic) bond motifs is 7. The molecule has 1 heterocycles. The molecule has 35 heavy (non-hydrogen) atoms. The summed E-state index contributed by atoms with van der Waals surface area (Å²) in [4.78, 5) is 25.8. The van der Waals surface area contributed by atoms with Gasteiger partial charge in [-0.25, -0.2) is 8.78 Å². The topological polar surface area (TPSA) is 84.9 Å². The highest BCUT2D eigenvalue weighted by Crippen LogP contribution is 2.72. The number of carbonyl (C=O) groups excluding carboxylic acids is 2. The van der Waals surface area contributed by atoms with Gasteiger partial charge < -0.3 is 19.9 Å². The molecule has 0 radical (unpaired) electrons. The van der Waals surface area contributed by atoms with Crippen molar-refractivity contribution in [2.24, 2.45) is 22.7 Å². The summed E-state index contributed by atoms with van der Waals surface area (Å²) in [6.07, 6.45) is 1.43. The Morgan fingerprint density at radius 3 is 2.69 bits per heavy atom. The number of hydrogen-bond donors (Lipinski definition) is 2. The highest BCUT2D eigenvalue weighted by atomic mass is 19.1. The van der Waals surface area contributed by atoms with Gasteiger partial charge in [0, 0.05) is 16.7 Å². The summed E-state index contributed by atoms with van der Waals surface area (Å²) in [7, 11) is 0. The number of rotatable bonds is 6. The lowest BCUT2D eigenvalue weighted by molar-refractivity contribution is -0.233. The Morgan fingerprint density at radius 1 is 1.26 bits per heavy atom. The number of hydrogen-bond acceptors (Lipinski definition) is 6. The number of ketones is 2. The number of aliphatic hydroxyl groups is 1. The van der Waals surface area contributed by atoms with Gasteiger partial charge in [0.05, 0.1) is 18.8 Å². The summed E-state index contributed by atoms with van der Waals surface area (Å²) in [5.41, 5.74) is -5.80. The first-order chi connectivity index (χ1) is 16.5. The number of Topliss-reactive ketones (excluding diaryl/α,β-unsaturated/α-hetero) is 1. The molecule has 8 unspecified atom stereocenters. The standard InChI is InChI=1S/C27H37F2NO5/c1-5-7-23-34-22-12-16-17-11-19(28)18-10-15(31)8-9-24(18,3)26(17,29)20(32)13-25(16,4)27(22,35-23)21(33)14-30-6-2/h8-10,16-17,19-20,22-23,30,32H,5-7,11-14H2,1-4H3/t16?,17?,19-,20?,22?,23?,24?,25?,26-,27?/m0/s1. The Balaban J connectivity index is 1.60. The van der Waals surface area contributed by atoms with Crippen LogP contribution < -0.4 is 5.32 Å². The summed E-state index contributed by atoms with van der Waals surface area (Å²) in [6.45, 7) is 8.08. The average Bonchev–Trinajstić information content (AvgIpc) is 3.28. The molecule has 0 amide bonds. The molecule has 6 nitrogen and oxygen atoms in total. The first kappa shape index (κ1) is 25.2. The van der Waals surface area contributed by atoms with Crippen LogP contribution in [0, 0.1) is 22.7 Å². The smallest absolute Gasteiger partial charge is 0.181 e. The molecule has 2 N–H and O–H groups in total. The van der Waals surface area contributed by atoms with Crippen molar-refractivity contribution in [2.45, 2.75) is 95.7 Å². The van der Waals surface area contributed by atoms with Gasteiger partial charge in [0.25, 0.3) is 0 Å². The molecule has 0 spiro atoms. The lowest BCUT2D eigenvalue weighted by Gasteiger charge is -2.63. The Kier molecular flexibility index (Phi) is 5.95. The zero-order chi connectivity index (χ0) is 25.4. The maximum absolute atomic E-state index is 17.3. The van der Waals surface area contributed by atoms with E-state index in [1.807, 2.05) is 20.8 Å². The molecule has 0 aromatic heterocycles. The van der Waals surface area contributed by atoms with Crippen molar-refractivity contribution in [3.8, 4) is 0 Å². The molecule has 0 bridgehead atoms. The molecule has 4 aliphatic carbocycles. The third-order valence-electron chi connectivity index (χ3n) is 9.90. The van der Waals surface area contributed by atoms with Crippen LogP contribution >= 0.6 is 0 Å². The molecule has 3 saturated carbocycles. The highest BCUT2D eigenvalue weighted by Gasteiger charge is 2.79. The van der Waals surface area contributed by atoms with Crippen LogP contribution in [0.2, 0.25) is 0 Å². The van der Waals surface area contributed by atoms with Crippen molar-refractivity contribution < 1.29 is 33.0 Å². The van der Waals surface area contributed by atoms with Crippen LogP contribution in [0.15, 0.2) is 23.8 Å². The molecular formula is C27H37F2NO5. The molecule has 5 aliphatic rings. The third-order valence-corrected chi connectivity index (χ3v) is 9.90. The number of nitrogens with one attached hydrogen (secondary N) is 1. The number of halogens is 2. The van der Waals surface area contributed by atoms with Crippen molar-refractivity contribution in [3.63, 3.8) is 0 Å². The Hall–Kier alpha value is -1.48. The predicted octanol–water partition coefficient (Wildman–Crippen LogP) is 3.37. The van der Waals surface area contributed by atoms with Gasteiger partial charge in [0.15, 0.2) is 29.1 Å². The van der Waals surface area contributed by atoms with Gasteiger partial charge in [0.2, 0.25) is 0 Å². The minimum absolute atomic E-state index is 0.0111. The summed E-state index contributed by atoms with van der Waals surface area (Å²) in [5.74, 6) is -1.83. The molecule has 194 valence electrons. The van der Waals surface area contributed by atoms with Crippen LogP contribution in [0.5, 0.6) is 0 Å². The fourth-order valence-electron chi connectivity index (χ4n) is 8.26. The minimum Gasteiger partial charge on any atom is -0.390 e. The van der Waals surface area contributed by atoms with Crippen LogP contribution in [-0.2, 0) is 19.1 Å². The molecule has 8 heteroatoms. The van der Waals surface area contributed by atoms with Crippen LogP contribution in [0.4, 0.5) is 8.78 Å². The molecule has 0 aromatic rings. The summed E-state index contributed by atoms with van der Waals surface area (Å²) < 4.78 is 45.7. The van der Waals surface area contributed by atoms with Gasteiger partial charge in [-0.15, -0.1) is 0 Å².